The number of amides is 2. The fourth-order valence-corrected chi connectivity index (χ4v) is 4.43. The molecule has 0 bridgehead atoms. The van der Waals surface area contributed by atoms with Gasteiger partial charge in [0.1, 0.15) is 5.75 Å². The van der Waals surface area contributed by atoms with Crippen molar-refractivity contribution in [3.63, 3.8) is 0 Å². The van der Waals surface area contributed by atoms with E-state index in [0.29, 0.717) is 42.1 Å². The maximum atomic E-state index is 13.4. The summed E-state index contributed by atoms with van der Waals surface area (Å²) >= 11 is 6.24. The molecular formula is C27H27ClN6O2. The van der Waals surface area contributed by atoms with Gasteiger partial charge in [0.15, 0.2) is 0 Å². The zero-order chi connectivity index (χ0) is 25.5. The van der Waals surface area contributed by atoms with Crippen LogP contribution in [0.25, 0.3) is 0 Å². The van der Waals surface area contributed by atoms with Gasteiger partial charge >= 0.3 is 6.03 Å². The van der Waals surface area contributed by atoms with Crippen molar-refractivity contribution in [3.05, 3.63) is 88.9 Å². The van der Waals surface area contributed by atoms with Crippen molar-refractivity contribution in [2.45, 2.75) is 13.0 Å². The van der Waals surface area contributed by atoms with Gasteiger partial charge in [-0.2, -0.15) is 5.26 Å². The molecule has 0 radical (unpaired) electrons. The summed E-state index contributed by atoms with van der Waals surface area (Å²) in [5.41, 5.74) is 3.48. The molecule has 2 N–H and O–H groups in total. The molecule has 0 spiro atoms. The van der Waals surface area contributed by atoms with E-state index in [9.17, 15) is 10.1 Å². The van der Waals surface area contributed by atoms with Crippen molar-refractivity contribution < 1.29 is 9.53 Å². The maximum Gasteiger partial charge on any atom is 0.322 e. The van der Waals surface area contributed by atoms with Crippen LogP contribution in [0.3, 0.4) is 0 Å². The molecule has 2 amide bonds. The Hall–Kier alpha value is -4.22. The van der Waals surface area contributed by atoms with Crippen LogP contribution in [0.2, 0.25) is 5.02 Å². The Morgan fingerprint density at radius 3 is 2.53 bits per heavy atom. The highest BCUT2D eigenvalue weighted by Crippen LogP contribution is 2.30. The number of carbonyl (C=O) groups is 1. The second kappa shape index (κ2) is 11.5. The molecule has 184 valence electrons. The first-order valence-electron chi connectivity index (χ1n) is 11.5. The van der Waals surface area contributed by atoms with E-state index in [0.717, 1.165) is 16.8 Å². The number of aryl methyl sites for hydroxylation is 1. The lowest BCUT2D eigenvalue weighted by atomic mass is 10.0. The van der Waals surface area contributed by atoms with E-state index in [1.807, 2.05) is 72.6 Å². The highest BCUT2D eigenvalue weighted by Gasteiger charge is 2.33. The number of ether oxygens (including phenoxy) is 1. The summed E-state index contributed by atoms with van der Waals surface area (Å²) in [7, 11) is 1.54. The summed E-state index contributed by atoms with van der Waals surface area (Å²) in [4.78, 5) is 21.2. The zero-order valence-corrected chi connectivity index (χ0v) is 20.9. The van der Waals surface area contributed by atoms with Crippen molar-refractivity contribution >= 4 is 35.0 Å². The first-order chi connectivity index (χ1) is 17.5. The van der Waals surface area contributed by atoms with Gasteiger partial charge in [-0.3, -0.25) is 0 Å². The number of rotatable bonds is 4. The van der Waals surface area contributed by atoms with Crippen molar-refractivity contribution in [1.82, 2.24) is 9.80 Å². The number of urea groups is 1. The van der Waals surface area contributed by atoms with E-state index in [4.69, 9.17) is 16.3 Å². The predicted octanol–water partition coefficient (Wildman–Crippen LogP) is 5.50. The number of halogens is 1. The molecule has 1 heterocycles. The van der Waals surface area contributed by atoms with Gasteiger partial charge in [0.05, 0.1) is 18.2 Å². The Labute approximate surface area is 215 Å². The van der Waals surface area contributed by atoms with Crippen LogP contribution in [0.15, 0.2) is 77.8 Å². The van der Waals surface area contributed by atoms with E-state index in [2.05, 4.69) is 15.6 Å². The molecule has 1 unspecified atom stereocenters. The number of para-hydroxylation sites is 1. The minimum absolute atomic E-state index is 0.240. The lowest BCUT2D eigenvalue weighted by Crippen LogP contribution is -2.54. The van der Waals surface area contributed by atoms with Gasteiger partial charge in [-0.15, -0.1) is 4.99 Å². The molecule has 3 aromatic rings. The summed E-state index contributed by atoms with van der Waals surface area (Å²) < 4.78 is 5.20. The van der Waals surface area contributed by atoms with Crippen LogP contribution in [0.5, 0.6) is 5.75 Å². The molecule has 9 heteroatoms. The second-order valence-electron chi connectivity index (χ2n) is 8.32. The Balaban J connectivity index is 1.57. The van der Waals surface area contributed by atoms with E-state index in [1.165, 1.54) is 0 Å². The minimum atomic E-state index is -0.267. The predicted molar refractivity (Wildman–Crippen MR) is 142 cm³/mol. The monoisotopic (exact) mass is 502 g/mol. The molecule has 1 saturated heterocycles. The molecule has 1 fully saturated rings. The number of benzene rings is 3. The van der Waals surface area contributed by atoms with Gasteiger partial charge in [0.2, 0.25) is 12.2 Å². The first-order valence-corrected chi connectivity index (χ1v) is 11.9. The largest absolute Gasteiger partial charge is 0.495 e. The van der Waals surface area contributed by atoms with Gasteiger partial charge in [-0.1, -0.05) is 60.1 Å². The molecule has 1 atom stereocenters. The molecule has 1 aliphatic rings. The van der Waals surface area contributed by atoms with Gasteiger partial charge in [0.25, 0.3) is 0 Å². The Morgan fingerprint density at radius 2 is 1.83 bits per heavy atom. The number of methoxy groups -OCH3 is 1. The lowest BCUT2D eigenvalue weighted by molar-refractivity contribution is 0.136. The number of anilines is 2. The third kappa shape index (κ3) is 5.70. The van der Waals surface area contributed by atoms with Crippen LogP contribution in [-0.2, 0) is 0 Å². The molecule has 4 rings (SSSR count). The highest BCUT2D eigenvalue weighted by atomic mass is 35.5. The third-order valence-corrected chi connectivity index (χ3v) is 6.37. The Morgan fingerprint density at radius 1 is 1.08 bits per heavy atom. The molecule has 0 saturated carbocycles. The number of guanidine groups is 1. The summed E-state index contributed by atoms with van der Waals surface area (Å²) in [6.07, 6.45) is 1.91. The number of nitrogens with one attached hydrogen (secondary N) is 2. The Kier molecular flexibility index (Phi) is 7.93. The van der Waals surface area contributed by atoms with E-state index in [-0.39, 0.29) is 12.1 Å². The number of aliphatic imine (C=N–C) groups is 1. The van der Waals surface area contributed by atoms with Gasteiger partial charge < -0.3 is 25.2 Å². The van der Waals surface area contributed by atoms with Crippen LogP contribution < -0.4 is 15.4 Å². The smallest absolute Gasteiger partial charge is 0.322 e. The lowest BCUT2D eigenvalue weighted by Gasteiger charge is -2.42. The fraction of sp³-hybridized carbons (Fsp3) is 0.222. The minimum Gasteiger partial charge on any atom is -0.495 e. The molecule has 0 aromatic heterocycles. The number of hydrogen-bond acceptors (Lipinski definition) is 4. The van der Waals surface area contributed by atoms with Gasteiger partial charge in [0, 0.05) is 31.0 Å². The number of piperazine rings is 1. The van der Waals surface area contributed by atoms with Gasteiger partial charge in [-0.05, 0) is 42.3 Å². The molecule has 36 heavy (non-hydrogen) atoms. The third-order valence-electron chi connectivity index (χ3n) is 6.08. The summed E-state index contributed by atoms with van der Waals surface area (Å²) in [5.74, 6) is 0.991. The number of carbonyl (C=O) groups excluding carboxylic acids is 1. The van der Waals surface area contributed by atoms with Crippen LogP contribution in [0.4, 0.5) is 16.2 Å². The average Bonchev–Trinajstić information content (AvgIpc) is 2.90. The molecule has 1 aliphatic heterocycles. The normalized spacial score (nSPS) is 15.7. The van der Waals surface area contributed by atoms with Crippen molar-refractivity contribution in [2.75, 3.05) is 37.4 Å². The summed E-state index contributed by atoms with van der Waals surface area (Å²) in [6.45, 7) is 3.38. The Bertz CT molecular complexity index is 1290. The maximum absolute atomic E-state index is 13.4. The molecule has 8 nitrogen and oxygen atoms in total. The number of nitriles is 1. The molecule has 0 aliphatic carbocycles. The van der Waals surface area contributed by atoms with Crippen LogP contribution in [0.1, 0.15) is 17.2 Å². The highest BCUT2D eigenvalue weighted by molar-refractivity contribution is 6.32. The summed E-state index contributed by atoms with van der Waals surface area (Å²) in [6, 6.07) is 22.3. The quantitative estimate of drug-likeness (QED) is 0.279. The number of hydrogen-bond donors (Lipinski definition) is 2. The van der Waals surface area contributed by atoms with Gasteiger partial charge in [-0.25, -0.2) is 4.79 Å². The molecular weight excluding hydrogens is 476 g/mol. The van der Waals surface area contributed by atoms with Crippen molar-refractivity contribution in [2.24, 2.45) is 4.99 Å². The van der Waals surface area contributed by atoms with Crippen LogP contribution in [0, 0.1) is 18.4 Å². The van der Waals surface area contributed by atoms with E-state index < -0.39 is 0 Å². The first kappa shape index (κ1) is 24.9. The van der Waals surface area contributed by atoms with Crippen molar-refractivity contribution in [1.29, 1.82) is 5.26 Å². The topological polar surface area (TPSA) is 93.0 Å². The second-order valence-corrected chi connectivity index (χ2v) is 8.73. The number of nitrogens with zero attached hydrogens (tertiary/aromatic N) is 4. The fourth-order valence-electron chi connectivity index (χ4n) is 4.18. The van der Waals surface area contributed by atoms with E-state index >= 15 is 0 Å². The average molecular weight is 503 g/mol. The van der Waals surface area contributed by atoms with Crippen molar-refractivity contribution in [3.8, 4) is 11.9 Å². The zero-order valence-electron chi connectivity index (χ0n) is 20.1. The SMILES string of the molecule is COc1ccc(NC(=O)N2CCN(/C(=N\C#N)Nc3ccccc3C)CC2c2ccccc2)cc1Cl. The standard InChI is InChI=1S/C27H27ClN6O2/c1-19-8-6-7-11-23(19)32-26(30-18-29)33-14-15-34(24(17-33)20-9-4-3-5-10-20)27(35)31-21-12-13-25(36-2)22(28)16-21/h3-13,16,24H,14-15,17H2,1-2H3,(H,30,32)(H,31,35). The van der Waals surface area contributed by atoms with Crippen LogP contribution in [-0.4, -0.2) is 48.5 Å². The van der Waals surface area contributed by atoms with Crippen LogP contribution >= 0.6 is 11.6 Å². The van der Waals surface area contributed by atoms with E-state index in [1.54, 1.807) is 30.2 Å². The summed E-state index contributed by atoms with van der Waals surface area (Å²) in [5, 5.41) is 16.0. The molecule has 3 aromatic carbocycles.